The van der Waals surface area contributed by atoms with Gasteiger partial charge in [-0.05, 0) is 42.8 Å². The normalized spacial score (nSPS) is 13.0. The Kier molecular flexibility index (Phi) is 5.92. The van der Waals surface area contributed by atoms with E-state index < -0.39 is 11.8 Å². The molecule has 0 N–H and O–H groups in total. The molecule has 2 aromatic rings. The number of nitrogens with zero attached hydrogens (tertiary/aromatic N) is 3. The number of hydrogen-bond donors (Lipinski definition) is 0. The molecule has 0 radical (unpaired) electrons. The molecule has 0 unspecified atom stereocenters. The summed E-state index contributed by atoms with van der Waals surface area (Å²) in [5.74, 6) is -0.253. The summed E-state index contributed by atoms with van der Waals surface area (Å²) in [7, 11) is 3.29. The quantitative estimate of drug-likeness (QED) is 0.530. The second kappa shape index (κ2) is 8.55. The number of carbonyl (C=O) groups excluding carboxylic acids is 3. The van der Waals surface area contributed by atoms with Crippen molar-refractivity contribution in [3.05, 3.63) is 59.2 Å². The molecule has 0 saturated carbocycles. The molecule has 150 valence electrons. The van der Waals surface area contributed by atoms with Crippen LogP contribution in [0.2, 0.25) is 0 Å². The van der Waals surface area contributed by atoms with Gasteiger partial charge in [0.2, 0.25) is 0 Å². The molecule has 1 aliphatic heterocycles. The summed E-state index contributed by atoms with van der Waals surface area (Å²) in [4.78, 5) is 37.9. The summed E-state index contributed by atoms with van der Waals surface area (Å²) in [5.41, 5.74) is 1.27. The third-order valence-electron chi connectivity index (χ3n) is 4.21. The van der Waals surface area contributed by atoms with E-state index in [2.05, 4.69) is 5.10 Å². The lowest BCUT2D eigenvalue weighted by atomic mass is 10.1. The average molecular weight is 395 g/mol. The number of carbonyl (C=O) groups is 3. The molecule has 8 nitrogen and oxygen atoms in total. The highest BCUT2D eigenvalue weighted by Crippen LogP contribution is 2.28. The van der Waals surface area contributed by atoms with E-state index in [1.807, 2.05) is 6.92 Å². The molecular weight excluding hydrogens is 374 g/mol. The van der Waals surface area contributed by atoms with Crippen LogP contribution in [0, 0.1) is 0 Å². The SMILES string of the molecule is CCOc1cc(/C=N\N2C(=O)c3ccccc3C2=O)ccc1OCC(=O)N(C)C. The van der Waals surface area contributed by atoms with Gasteiger partial charge in [-0.3, -0.25) is 14.4 Å². The molecule has 0 saturated heterocycles. The minimum atomic E-state index is -0.464. The fourth-order valence-electron chi connectivity index (χ4n) is 2.67. The first kappa shape index (κ1) is 20.1. The summed E-state index contributed by atoms with van der Waals surface area (Å²) in [6.45, 7) is 2.11. The lowest BCUT2D eigenvalue weighted by Gasteiger charge is -2.14. The Morgan fingerprint density at radius 2 is 1.69 bits per heavy atom. The molecular formula is C21H21N3O5. The van der Waals surface area contributed by atoms with E-state index >= 15 is 0 Å². The van der Waals surface area contributed by atoms with Crippen LogP contribution in [0.3, 0.4) is 0 Å². The zero-order valence-corrected chi connectivity index (χ0v) is 16.4. The minimum absolute atomic E-state index is 0.116. The molecule has 8 heteroatoms. The van der Waals surface area contributed by atoms with Crippen molar-refractivity contribution in [2.45, 2.75) is 6.92 Å². The van der Waals surface area contributed by atoms with Gasteiger partial charge in [0.25, 0.3) is 17.7 Å². The van der Waals surface area contributed by atoms with Gasteiger partial charge in [-0.25, -0.2) is 0 Å². The number of rotatable bonds is 7. The van der Waals surface area contributed by atoms with Gasteiger partial charge >= 0.3 is 0 Å². The zero-order valence-electron chi connectivity index (χ0n) is 16.4. The van der Waals surface area contributed by atoms with Crippen molar-refractivity contribution >= 4 is 23.9 Å². The van der Waals surface area contributed by atoms with Crippen LogP contribution in [0.25, 0.3) is 0 Å². The first-order valence-electron chi connectivity index (χ1n) is 9.04. The van der Waals surface area contributed by atoms with Crippen LogP contribution in [0.1, 0.15) is 33.2 Å². The predicted molar refractivity (Wildman–Crippen MR) is 106 cm³/mol. The molecule has 3 rings (SSSR count). The maximum Gasteiger partial charge on any atom is 0.282 e. The van der Waals surface area contributed by atoms with Crippen molar-refractivity contribution in [1.82, 2.24) is 9.91 Å². The van der Waals surface area contributed by atoms with Gasteiger partial charge in [-0.1, -0.05) is 12.1 Å². The smallest absolute Gasteiger partial charge is 0.282 e. The Balaban J connectivity index is 1.78. The predicted octanol–water partition coefficient (Wildman–Crippen LogP) is 2.18. The highest BCUT2D eigenvalue weighted by atomic mass is 16.5. The van der Waals surface area contributed by atoms with Gasteiger partial charge in [-0.15, -0.1) is 0 Å². The number of likely N-dealkylation sites (N-methyl/N-ethyl adjacent to an activating group) is 1. The molecule has 3 amide bonds. The lowest BCUT2D eigenvalue weighted by molar-refractivity contribution is -0.130. The summed E-state index contributed by atoms with van der Waals surface area (Å²) in [5, 5.41) is 4.89. The second-order valence-electron chi connectivity index (χ2n) is 6.43. The lowest BCUT2D eigenvalue weighted by Crippen LogP contribution is -2.27. The van der Waals surface area contributed by atoms with E-state index in [0.717, 1.165) is 5.01 Å². The van der Waals surface area contributed by atoms with Crippen molar-refractivity contribution in [2.75, 3.05) is 27.3 Å². The maximum atomic E-state index is 12.4. The molecule has 29 heavy (non-hydrogen) atoms. The topological polar surface area (TPSA) is 88.5 Å². The van der Waals surface area contributed by atoms with E-state index in [4.69, 9.17) is 9.47 Å². The van der Waals surface area contributed by atoms with E-state index in [1.165, 1.54) is 11.1 Å². The minimum Gasteiger partial charge on any atom is -0.490 e. The van der Waals surface area contributed by atoms with Crippen LogP contribution in [0.5, 0.6) is 11.5 Å². The molecule has 1 aliphatic rings. The van der Waals surface area contributed by atoms with E-state index in [9.17, 15) is 14.4 Å². The van der Waals surface area contributed by atoms with Crippen molar-refractivity contribution < 1.29 is 23.9 Å². The van der Waals surface area contributed by atoms with Crippen LogP contribution < -0.4 is 9.47 Å². The second-order valence-corrected chi connectivity index (χ2v) is 6.43. The highest BCUT2D eigenvalue weighted by molar-refractivity contribution is 6.21. The van der Waals surface area contributed by atoms with Crippen molar-refractivity contribution in [2.24, 2.45) is 5.10 Å². The Morgan fingerprint density at radius 3 is 2.28 bits per heavy atom. The summed E-state index contributed by atoms with van der Waals surface area (Å²) >= 11 is 0. The van der Waals surface area contributed by atoms with Gasteiger partial charge in [0, 0.05) is 14.1 Å². The van der Waals surface area contributed by atoms with Crippen LogP contribution in [0.15, 0.2) is 47.6 Å². The van der Waals surface area contributed by atoms with Gasteiger partial charge in [0.15, 0.2) is 18.1 Å². The molecule has 0 aliphatic carbocycles. The Bertz CT molecular complexity index is 949. The van der Waals surface area contributed by atoms with E-state index in [0.29, 0.717) is 34.8 Å². The molecule has 0 fully saturated rings. The van der Waals surface area contributed by atoms with Gasteiger partial charge in [0.1, 0.15) is 0 Å². The fourth-order valence-corrected chi connectivity index (χ4v) is 2.67. The van der Waals surface area contributed by atoms with Crippen LogP contribution in [0.4, 0.5) is 0 Å². The average Bonchev–Trinajstić information content (AvgIpc) is 2.96. The summed E-state index contributed by atoms with van der Waals surface area (Å²) in [6, 6.07) is 11.6. The fraction of sp³-hybridized carbons (Fsp3) is 0.238. The number of hydrazone groups is 1. The first-order valence-corrected chi connectivity index (χ1v) is 9.04. The van der Waals surface area contributed by atoms with Gasteiger partial charge in [-0.2, -0.15) is 10.1 Å². The zero-order chi connectivity index (χ0) is 21.0. The number of amides is 3. The number of benzene rings is 2. The molecule has 0 spiro atoms. The molecule has 0 bridgehead atoms. The van der Waals surface area contributed by atoms with Gasteiger partial charge < -0.3 is 14.4 Å². The van der Waals surface area contributed by atoms with Crippen LogP contribution in [-0.2, 0) is 4.79 Å². The van der Waals surface area contributed by atoms with E-state index in [-0.39, 0.29) is 12.5 Å². The number of imide groups is 1. The standard InChI is InChI=1S/C21H21N3O5/c1-4-28-18-11-14(9-10-17(18)29-13-19(25)23(2)3)12-22-24-20(26)15-7-5-6-8-16(15)21(24)27/h5-12H,4,13H2,1-3H3/b22-12-. The van der Waals surface area contributed by atoms with E-state index in [1.54, 1.807) is 56.6 Å². The Labute approximate surface area is 168 Å². The summed E-state index contributed by atoms with van der Waals surface area (Å²) in [6.07, 6.45) is 1.40. The number of fused-ring (bicyclic) bond motifs is 1. The van der Waals surface area contributed by atoms with Crippen molar-refractivity contribution in [3.8, 4) is 11.5 Å². The Morgan fingerprint density at radius 1 is 1.03 bits per heavy atom. The maximum absolute atomic E-state index is 12.4. The molecule has 0 atom stereocenters. The molecule has 2 aromatic carbocycles. The van der Waals surface area contributed by atoms with Crippen LogP contribution >= 0.6 is 0 Å². The third kappa shape index (κ3) is 4.26. The van der Waals surface area contributed by atoms with Crippen molar-refractivity contribution in [1.29, 1.82) is 0 Å². The summed E-state index contributed by atoms with van der Waals surface area (Å²) < 4.78 is 11.1. The number of ether oxygens (including phenoxy) is 2. The molecule has 1 heterocycles. The van der Waals surface area contributed by atoms with Crippen molar-refractivity contribution in [3.63, 3.8) is 0 Å². The third-order valence-corrected chi connectivity index (χ3v) is 4.21. The Hall–Kier alpha value is -3.68. The highest BCUT2D eigenvalue weighted by Gasteiger charge is 2.35. The van der Waals surface area contributed by atoms with Gasteiger partial charge in [0.05, 0.1) is 23.9 Å². The molecule has 0 aromatic heterocycles. The monoisotopic (exact) mass is 395 g/mol. The van der Waals surface area contributed by atoms with Crippen LogP contribution in [-0.4, -0.2) is 61.2 Å². The first-order chi connectivity index (χ1) is 13.9. The largest absolute Gasteiger partial charge is 0.490 e. The number of hydrogen-bond acceptors (Lipinski definition) is 6.